The zero-order chi connectivity index (χ0) is 12.5. The fourth-order valence-electron chi connectivity index (χ4n) is 1.76. The van der Waals surface area contributed by atoms with Gasteiger partial charge < -0.3 is 16.0 Å². The van der Waals surface area contributed by atoms with Crippen LogP contribution in [0, 0.1) is 0 Å². The molecule has 3 N–H and O–H groups in total. The van der Waals surface area contributed by atoms with Crippen molar-refractivity contribution in [3.63, 3.8) is 0 Å². The molecule has 0 aromatic carbocycles. The highest BCUT2D eigenvalue weighted by molar-refractivity contribution is 5.85. The van der Waals surface area contributed by atoms with Crippen molar-refractivity contribution >= 4 is 11.8 Å². The van der Waals surface area contributed by atoms with Crippen molar-refractivity contribution in [2.24, 2.45) is 0 Å². The number of nitrogens with zero attached hydrogens (tertiary/aromatic N) is 1. The van der Waals surface area contributed by atoms with Gasteiger partial charge in [0.15, 0.2) is 0 Å². The summed E-state index contributed by atoms with van der Waals surface area (Å²) >= 11 is 0. The van der Waals surface area contributed by atoms with Crippen LogP contribution in [-0.4, -0.2) is 62.5 Å². The molecule has 0 bridgehead atoms. The summed E-state index contributed by atoms with van der Waals surface area (Å²) in [6, 6.07) is 0. The van der Waals surface area contributed by atoms with Crippen LogP contribution < -0.4 is 16.0 Å². The van der Waals surface area contributed by atoms with Crippen molar-refractivity contribution in [1.82, 2.24) is 20.9 Å². The third-order valence-electron chi connectivity index (χ3n) is 2.62. The highest BCUT2D eigenvalue weighted by atomic mass is 16.2. The third-order valence-corrected chi connectivity index (χ3v) is 2.62. The lowest BCUT2D eigenvalue weighted by atomic mass is 10.4. The quantitative estimate of drug-likeness (QED) is 0.550. The van der Waals surface area contributed by atoms with Crippen LogP contribution in [0.4, 0.5) is 0 Å². The molecule has 0 spiro atoms. The van der Waals surface area contributed by atoms with E-state index in [2.05, 4.69) is 20.9 Å². The Hall–Kier alpha value is -1.14. The second-order valence-electron chi connectivity index (χ2n) is 4.11. The molecule has 1 fully saturated rings. The number of likely N-dealkylation sites (N-methyl/N-ethyl adjacent to an activating group) is 1. The van der Waals surface area contributed by atoms with Crippen LogP contribution in [0.1, 0.15) is 13.3 Å². The SMILES string of the molecule is CCNC(=O)CNC(=O)CN1CCCNCC1. The molecule has 0 aliphatic carbocycles. The molecule has 98 valence electrons. The minimum atomic E-state index is -0.140. The summed E-state index contributed by atoms with van der Waals surface area (Å²) < 4.78 is 0. The predicted octanol–water partition coefficient (Wildman–Crippen LogP) is -1.47. The average Bonchev–Trinajstić information content (AvgIpc) is 2.55. The van der Waals surface area contributed by atoms with E-state index >= 15 is 0 Å². The van der Waals surface area contributed by atoms with Gasteiger partial charge in [-0.1, -0.05) is 0 Å². The molecule has 2 amide bonds. The summed E-state index contributed by atoms with van der Waals surface area (Å²) in [5.74, 6) is -0.225. The topological polar surface area (TPSA) is 73.5 Å². The molecule has 6 nitrogen and oxygen atoms in total. The number of rotatable bonds is 5. The maximum atomic E-state index is 11.6. The summed E-state index contributed by atoms with van der Waals surface area (Å²) in [5, 5.41) is 8.54. The first-order chi connectivity index (χ1) is 8.22. The Morgan fingerprint density at radius 3 is 2.76 bits per heavy atom. The first kappa shape index (κ1) is 13.9. The van der Waals surface area contributed by atoms with Crippen LogP contribution in [0.2, 0.25) is 0 Å². The van der Waals surface area contributed by atoms with E-state index < -0.39 is 0 Å². The molecule has 1 aliphatic heterocycles. The van der Waals surface area contributed by atoms with Gasteiger partial charge in [0.25, 0.3) is 0 Å². The molecule has 0 aromatic heterocycles. The molecule has 0 saturated carbocycles. The zero-order valence-electron chi connectivity index (χ0n) is 10.4. The largest absolute Gasteiger partial charge is 0.355 e. The summed E-state index contributed by atoms with van der Waals surface area (Å²) in [7, 11) is 0. The van der Waals surface area contributed by atoms with E-state index in [0.717, 1.165) is 32.6 Å². The van der Waals surface area contributed by atoms with Gasteiger partial charge in [0.2, 0.25) is 11.8 Å². The summed E-state index contributed by atoms with van der Waals surface area (Å²) in [6.45, 7) is 6.63. The second-order valence-corrected chi connectivity index (χ2v) is 4.11. The first-order valence-corrected chi connectivity index (χ1v) is 6.19. The predicted molar refractivity (Wildman–Crippen MR) is 65.6 cm³/mol. The van der Waals surface area contributed by atoms with Crippen molar-refractivity contribution in [3.8, 4) is 0 Å². The summed E-state index contributed by atoms with van der Waals surface area (Å²) in [4.78, 5) is 24.8. The Morgan fingerprint density at radius 2 is 2.00 bits per heavy atom. The van der Waals surface area contributed by atoms with Crippen molar-refractivity contribution in [2.45, 2.75) is 13.3 Å². The third kappa shape index (κ3) is 6.23. The minimum absolute atomic E-state index is 0.0682. The number of hydrogen-bond acceptors (Lipinski definition) is 4. The summed E-state index contributed by atoms with van der Waals surface area (Å²) in [5.41, 5.74) is 0. The van der Waals surface area contributed by atoms with Crippen LogP contribution in [-0.2, 0) is 9.59 Å². The van der Waals surface area contributed by atoms with Gasteiger partial charge in [-0.15, -0.1) is 0 Å². The summed E-state index contributed by atoms with van der Waals surface area (Å²) in [6.07, 6.45) is 1.06. The lowest BCUT2D eigenvalue weighted by Gasteiger charge is -2.18. The fraction of sp³-hybridized carbons (Fsp3) is 0.818. The number of carbonyl (C=O) groups excluding carboxylic acids is 2. The molecule has 0 radical (unpaired) electrons. The van der Waals surface area contributed by atoms with E-state index in [1.54, 1.807) is 0 Å². The van der Waals surface area contributed by atoms with E-state index in [4.69, 9.17) is 0 Å². The molecule has 1 aliphatic rings. The maximum Gasteiger partial charge on any atom is 0.239 e. The van der Waals surface area contributed by atoms with Crippen LogP contribution in [0.15, 0.2) is 0 Å². The molecule has 0 aromatic rings. The van der Waals surface area contributed by atoms with Crippen LogP contribution in [0.3, 0.4) is 0 Å². The standard InChI is InChI=1S/C11H22N4O2/c1-2-13-10(16)8-14-11(17)9-15-6-3-4-12-5-7-15/h12H,2-9H2,1H3,(H,13,16)(H,14,17). The van der Waals surface area contributed by atoms with E-state index in [-0.39, 0.29) is 18.4 Å². The van der Waals surface area contributed by atoms with Gasteiger partial charge in [0.1, 0.15) is 0 Å². The Kier molecular flexibility index (Phi) is 6.57. The van der Waals surface area contributed by atoms with Gasteiger partial charge in [-0.05, 0) is 26.4 Å². The van der Waals surface area contributed by atoms with Crippen molar-refractivity contribution < 1.29 is 9.59 Å². The van der Waals surface area contributed by atoms with Crippen molar-refractivity contribution in [2.75, 3.05) is 45.8 Å². The lowest BCUT2D eigenvalue weighted by Crippen LogP contribution is -2.42. The maximum absolute atomic E-state index is 11.6. The molecule has 0 atom stereocenters. The second kappa shape index (κ2) is 8.03. The Bertz CT molecular complexity index is 250. The van der Waals surface area contributed by atoms with Gasteiger partial charge >= 0.3 is 0 Å². The van der Waals surface area contributed by atoms with E-state index in [0.29, 0.717) is 13.1 Å². The normalized spacial score (nSPS) is 17.2. The Morgan fingerprint density at radius 1 is 1.18 bits per heavy atom. The Labute approximate surface area is 102 Å². The van der Waals surface area contributed by atoms with Crippen LogP contribution in [0.5, 0.6) is 0 Å². The molecular weight excluding hydrogens is 220 g/mol. The molecule has 1 rings (SSSR count). The number of nitrogens with one attached hydrogen (secondary N) is 3. The van der Waals surface area contributed by atoms with E-state index in [1.807, 2.05) is 6.92 Å². The van der Waals surface area contributed by atoms with Crippen molar-refractivity contribution in [3.05, 3.63) is 0 Å². The highest BCUT2D eigenvalue weighted by Crippen LogP contribution is 1.94. The lowest BCUT2D eigenvalue weighted by molar-refractivity contribution is -0.126. The van der Waals surface area contributed by atoms with Crippen LogP contribution in [0.25, 0.3) is 0 Å². The smallest absolute Gasteiger partial charge is 0.239 e. The van der Waals surface area contributed by atoms with Gasteiger partial charge in [-0.3, -0.25) is 14.5 Å². The molecule has 0 unspecified atom stereocenters. The molecule has 1 saturated heterocycles. The van der Waals surface area contributed by atoms with Crippen LogP contribution >= 0.6 is 0 Å². The zero-order valence-corrected chi connectivity index (χ0v) is 10.4. The number of carbonyl (C=O) groups is 2. The number of hydrogen-bond donors (Lipinski definition) is 3. The van der Waals surface area contributed by atoms with Gasteiger partial charge in [0.05, 0.1) is 13.1 Å². The van der Waals surface area contributed by atoms with E-state index in [1.165, 1.54) is 0 Å². The number of amides is 2. The van der Waals surface area contributed by atoms with Gasteiger partial charge in [-0.25, -0.2) is 0 Å². The van der Waals surface area contributed by atoms with Crippen molar-refractivity contribution in [1.29, 1.82) is 0 Å². The van der Waals surface area contributed by atoms with Gasteiger partial charge in [0, 0.05) is 19.6 Å². The fourth-order valence-corrected chi connectivity index (χ4v) is 1.76. The first-order valence-electron chi connectivity index (χ1n) is 6.19. The van der Waals surface area contributed by atoms with Gasteiger partial charge in [-0.2, -0.15) is 0 Å². The monoisotopic (exact) mass is 242 g/mol. The molecule has 1 heterocycles. The molecule has 6 heteroatoms. The average molecular weight is 242 g/mol. The highest BCUT2D eigenvalue weighted by Gasteiger charge is 2.12. The molecule has 17 heavy (non-hydrogen) atoms. The molecular formula is C11H22N4O2. The Balaban J connectivity index is 2.17. The van der Waals surface area contributed by atoms with E-state index in [9.17, 15) is 9.59 Å². The minimum Gasteiger partial charge on any atom is -0.355 e.